The molecule has 1 fully saturated rings. The predicted molar refractivity (Wildman–Crippen MR) is 113 cm³/mol. The van der Waals surface area contributed by atoms with Gasteiger partial charge in [0.05, 0.1) is 0 Å². The molecule has 150 valence electrons. The zero-order chi connectivity index (χ0) is 19.9. The fraction of sp³-hybridized carbons (Fsp3) is 0.476. The summed E-state index contributed by atoms with van der Waals surface area (Å²) in [6.07, 6.45) is 0.912. The number of amides is 1. The molecular formula is C21H30N6O. The molecule has 0 bridgehead atoms. The Hall–Kier alpha value is -2.67. The van der Waals surface area contributed by atoms with Crippen molar-refractivity contribution < 1.29 is 4.79 Å². The molecular weight excluding hydrogens is 352 g/mol. The van der Waals surface area contributed by atoms with E-state index in [-0.39, 0.29) is 5.91 Å². The van der Waals surface area contributed by atoms with Gasteiger partial charge in [-0.1, -0.05) is 12.1 Å². The first-order valence-corrected chi connectivity index (χ1v) is 9.86. The van der Waals surface area contributed by atoms with Crippen LogP contribution < -0.4 is 15.1 Å². The highest BCUT2D eigenvalue weighted by Gasteiger charge is 2.19. The van der Waals surface area contributed by atoms with Crippen molar-refractivity contribution in [3.63, 3.8) is 0 Å². The second-order valence-electron chi connectivity index (χ2n) is 7.50. The van der Waals surface area contributed by atoms with Gasteiger partial charge in [0.2, 0.25) is 0 Å². The van der Waals surface area contributed by atoms with E-state index in [1.807, 2.05) is 20.2 Å². The van der Waals surface area contributed by atoms with Crippen LogP contribution in [-0.2, 0) is 0 Å². The van der Waals surface area contributed by atoms with Gasteiger partial charge in [0, 0.05) is 38.4 Å². The van der Waals surface area contributed by atoms with Crippen molar-refractivity contribution in [2.24, 2.45) is 0 Å². The molecule has 2 heterocycles. The van der Waals surface area contributed by atoms with Crippen molar-refractivity contribution >= 4 is 17.4 Å². The molecule has 0 atom stereocenters. The molecule has 3 rings (SSSR count). The topological polar surface area (TPSA) is 64.6 Å². The Labute approximate surface area is 167 Å². The highest BCUT2D eigenvalue weighted by atomic mass is 16.1. The normalized spacial score (nSPS) is 14.4. The summed E-state index contributed by atoms with van der Waals surface area (Å²) in [6.45, 7) is 7.37. The number of rotatable bonds is 7. The minimum absolute atomic E-state index is 0.165. The molecule has 0 saturated carbocycles. The van der Waals surface area contributed by atoms with Gasteiger partial charge in [-0.3, -0.25) is 4.79 Å². The van der Waals surface area contributed by atoms with E-state index in [4.69, 9.17) is 0 Å². The Balaban J connectivity index is 1.50. The monoisotopic (exact) mass is 382 g/mol. The molecule has 1 N–H and O–H groups in total. The van der Waals surface area contributed by atoms with Crippen LogP contribution in [0.4, 0.5) is 11.5 Å². The van der Waals surface area contributed by atoms with Crippen LogP contribution in [0.25, 0.3) is 0 Å². The fourth-order valence-electron chi connectivity index (χ4n) is 3.32. The van der Waals surface area contributed by atoms with Crippen molar-refractivity contribution in [1.29, 1.82) is 0 Å². The predicted octanol–water partition coefficient (Wildman–Crippen LogP) is 1.79. The van der Waals surface area contributed by atoms with E-state index in [2.05, 4.69) is 61.4 Å². The van der Waals surface area contributed by atoms with E-state index >= 15 is 0 Å². The largest absolute Gasteiger partial charge is 0.368 e. The van der Waals surface area contributed by atoms with Crippen molar-refractivity contribution in [3.05, 3.63) is 47.7 Å². The van der Waals surface area contributed by atoms with Crippen LogP contribution in [0.1, 0.15) is 22.5 Å². The first-order chi connectivity index (χ1) is 13.5. The van der Waals surface area contributed by atoms with Crippen molar-refractivity contribution in [1.82, 2.24) is 20.4 Å². The summed E-state index contributed by atoms with van der Waals surface area (Å²) < 4.78 is 0. The third-order valence-corrected chi connectivity index (χ3v) is 4.92. The molecule has 1 amide bonds. The van der Waals surface area contributed by atoms with Crippen molar-refractivity contribution in [2.75, 3.05) is 63.2 Å². The lowest BCUT2D eigenvalue weighted by Gasteiger charge is -2.36. The number of anilines is 2. The summed E-state index contributed by atoms with van der Waals surface area (Å²) >= 11 is 0. The smallest absolute Gasteiger partial charge is 0.271 e. The van der Waals surface area contributed by atoms with Gasteiger partial charge in [-0.15, -0.1) is 10.2 Å². The molecule has 1 aromatic heterocycles. The lowest BCUT2D eigenvalue weighted by molar-refractivity contribution is 0.0946. The molecule has 0 aliphatic carbocycles. The Morgan fingerprint density at radius 1 is 1.07 bits per heavy atom. The Morgan fingerprint density at radius 2 is 1.82 bits per heavy atom. The van der Waals surface area contributed by atoms with E-state index in [1.54, 1.807) is 6.07 Å². The molecule has 28 heavy (non-hydrogen) atoms. The van der Waals surface area contributed by atoms with Gasteiger partial charge in [-0.25, -0.2) is 0 Å². The molecule has 1 saturated heterocycles. The van der Waals surface area contributed by atoms with Crippen molar-refractivity contribution in [3.8, 4) is 0 Å². The molecule has 1 aliphatic heterocycles. The maximum atomic E-state index is 12.2. The SMILES string of the molecule is Cc1cccc(N2CCN(c3ccc(C(=O)NCCCN(C)C)nn3)CC2)c1. The summed E-state index contributed by atoms with van der Waals surface area (Å²) in [4.78, 5) is 18.9. The molecule has 1 aliphatic rings. The summed E-state index contributed by atoms with van der Waals surface area (Å²) in [7, 11) is 4.04. The average Bonchev–Trinajstić information content (AvgIpc) is 2.71. The average molecular weight is 383 g/mol. The molecule has 0 radical (unpaired) electrons. The van der Waals surface area contributed by atoms with Crippen LogP contribution >= 0.6 is 0 Å². The number of hydrogen-bond donors (Lipinski definition) is 1. The molecule has 0 unspecified atom stereocenters. The van der Waals surface area contributed by atoms with Crippen LogP contribution in [0.2, 0.25) is 0 Å². The summed E-state index contributed by atoms with van der Waals surface area (Å²) in [5, 5.41) is 11.3. The number of aromatic nitrogens is 2. The standard InChI is InChI=1S/C21H30N6O/c1-17-6-4-7-18(16-17)26-12-14-27(15-13-26)20-9-8-19(23-24-20)21(28)22-10-5-11-25(2)3/h4,6-9,16H,5,10-15H2,1-3H3,(H,22,28). The van der Waals surface area contributed by atoms with E-state index in [1.165, 1.54) is 11.3 Å². The molecule has 0 spiro atoms. The van der Waals surface area contributed by atoms with E-state index < -0.39 is 0 Å². The lowest BCUT2D eigenvalue weighted by Crippen LogP contribution is -2.47. The zero-order valence-electron chi connectivity index (χ0n) is 17.1. The van der Waals surface area contributed by atoms with E-state index in [9.17, 15) is 4.79 Å². The van der Waals surface area contributed by atoms with Crippen LogP contribution in [0.5, 0.6) is 0 Å². The first-order valence-electron chi connectivity index (χ1n) is 9.86. The summed E-state index contributed by atoms with van der Waals surface area (Å²) in [5.74, 6) is 0.662. The number of nitrogens with zero attached hydrogens (tertiary/aromatic N) is 5. The van der Waals surface area contributed by atoms with Gasteiger partial charge < -0.3 is 20.0 Å². The number of piperazine rings is 1. The minimum Gasteiger partial charge on any atom is -0.368 e. The Kier molecular flexibility index (Phi) is 6.81. The number of hydrogen-bond acceptors (Lipinski definition) is 6. The van der Waals surface area contributed by atoms with Gasteiger partial charge >= 0.3 is 0 Å². The second kappa shape index (κ2) is 9.50. The Bertz CT molecular complexity index is 769. The van der Waals surface area contributed by atoms with Gasteiger partial charge in [-0.2, -0.15) is 0 Å². The maximum Gasteiger partial charge on any atom is 0.271 e. The maximum absolute atomic E-state index is 12.2. The van der Waals surface area contributed by atoms with Crippen LogP contribution in [0.15, 0.2) is 36.4 Å². The molecule has 1 aromatic carbocycles. The molecule has 7 heteroatoms. The third kappa shape index (κ3) is 5.42. The summed E-state index contributed by atoms with van der Waals surface area (Å²) in [6, 6.07) is 12.3. The van der Waals surface area contributed by atoms with Crippen LogP contribution in [-0.4, -0.2) is 74.4 Å². The Morgan fingerprint density at radius 3 is 2.46 bits per heavy atom. The quantitative estimate of drug-likeness (QED) is 0.737. The number of benzene rings is 1. The first kappa shape index (κ1) is 20.1. The summed E-state index contributed by atoms with van der Waals surface area (Å²) in [5.41, 5.74) is 2.92. The fourth-order valence-corrected chi connectivity index (χ4v) is 3.32. The van der Waals surface area contributed by atoms with Gasteiger partial charge in [0.1, 0.15) is 0 Å². The molecule has 7 nitrogen and oxygen atoms in total. The zero-order valence-corrected chi connectivity index (χ0v) is 17.1. The van der Waals surface area contributed by atoms with E-state index in [0.717, 1.165) is 45.0 Å². The number of aryl methyl sites for hydroxylation is 1. The van der Waals surface area contributed by atoms with Crippen LogP contribution in [0.3, 0.4) is 0 Å². The number of carbonyl (C=O) groups is 1. The lowest BCUT2D eigenvalue weighted by atomic mass is 10.2. The van der Waals surface area contributed by atoms with Gasteiger partial charge in [0.25, 0.3) is 5.91 Å². The highest BCUT2D eigenvalue weighted by Crippen LogP contribution is 2.20. The minimum atomic E-state index is -0.165. The number of carbonyl (C=O) groups excluding carboxylic acids is 1. The third-order valence-electron chi connectivity index (χ3n) is 4.92. The van der Waals surface area contributed by atoms with Crippen LogP contribution in [0, 0.1) is 6.92 Å². The molecule has 2 aromatic rings. The van der Waals surface area contributed by atoms with Crippen molar-refractivity contribution in [2.45, 2.75) is 13.3 Å². The highest BCUT2D eigenvalue weighted by molar-refractivity contribution is 5.92. The van der Waals surface area contributed by atoms with Gasteiger partial charge in [0.15, 0.2) is 11.5 Å². The number of nitrogens with one attached hydrogen (secondary N) is 1. The van der Waals surface area contributed by atoms with E-state index in [0.29, 0.717) is 12.2 Å². The van der Waals surface area contributed by atoms with Gasteiger partial charge in [-0.05, 0) is 63.8 Å². The second-order valence-corrected chi connectivity index (χ2v) is 7.50.